The van der Waals surface area contributed by atoms with Crippen molar-refractivity contribution in [2.45, 2.75) is 132 Å². The molecule has 18 saturated heterocycles. The van der Waals surface area contributed by atoms with Crippen molar-refractivity contribution in [2.24, 2.45) is 0 Å². The molecular formula is C54H76N32O15. The molecule has 18 aliphatic heterocycles. The molecule has 7 N–H and O–H groups in total. The van der Waals surface area contributed by atoms with Crippen molar-refractivity contribution in [3.8, 4) is 0 Å². The van der Waals surface area contributed by atoms with Crippen LogP contribution in [0.25, 0.3) is 0 Å². The van der Waals surface area contributed by atoms with Gasteiger partial charge in [-0.1, -0.05) is 0 Å². The van der Waals surface area contributed by atoms with Gasteiger partial charge in [-0.2, -0.15) is 0 Å². The molecule has 0 aromatic rings. The first kappa shape index (κ1) is 62.7. The second-order valence-corrected chi connectivity index (χ2v) is 29.3. The summed E-state index contributed by atoms with van der Waals surface area (Å²) >= 11 is 0. The van der Waals surface area contributed by atoms with E-state index in [4.69, 9.17) is 0 Å². The fraction of sp³-hybridized carbons (Fsp3) is 0.722. The summed E-state index contributed by atoms with van der Waals surface area (Å²) in [6.07, 6.45) is -11.0. The molecule has 18 rings (SSSR count). The highest BCUT2D eigenvalue weighted by atomic mass is 16.2. The highest BCUT2D eigenvalue weighted by Gasteiger charge is 2.79. The number of hydrogen-bond donors (Lipinski definition) is 7. The number of nitrogens with one attached hydrogen (secondary N) is 7. The molecule has 27 amide bonds. The lowest BCUT2D eigenvalue weighted by Gasteiger charge is -2.53. The van der Waals surface area contributed by atoms with Crippen LogP contribution in [0.4, 0.5) is 57.5 Å². The van der Waals surface area contributed by atoms with Crippen LogP contribution in [0.5, 0.6) is 0 Å². The number of hydrogen-bond acceptors (Lipinski definition) is 20. The number of nitrogens with zero attached hydrogens (tertiary/aromatic N) is 25. The van der Waals surface area contributed by atoms with E-state index in [0.29, 0.717) is 19.2 Å². The molecule has 47 nitrogen and oxygen atoms in total. The van der Waals surface area contributed by atoms with E-state index in [0.717, 1.165) is 0 Å². The highest BCUT2D eigenvalue weighted by Crippen LogP contribution is 2.56. The summed E-state index contributed by atoms with van der Waals surface area (Å²) in [6.45, 7) is 1.59. The lowest BCUT2D eigenvalue weighted by molar-refractivity contribution is -0.131. The Labute approximate surface area is 573 Å². The van der Waals surface area contributed by atoms with Crippen LogP contribution in [0, 0.1) is 0 Å². The SMILES string of the molecule is CC1C2NCN3CC4N5CN6C(=O)N7CN8C(=O)N9CN%10C(=O)N%11CNC(=O)N%12CN%13C(=O)N%14CN(C=O)C%15C(NCN(C)C(=O)N2CNC5=O)N(CN1C=O)C(=O)N%15CNC%14C%13NCN1C(=O)N(CN2C(=O)N(CN5C(=O)N(CNC7C6N(C=O)CN4C3=O)C8C95)C%10(C)C%112C)C(C)(C)C%121C. The number of carbonyl (C=O) groups is 15. The summed E-state index contributed by atoms with van der Waals surface area (Å²) in [4.78, 5) is 261. The van der Waals surface area contributed by atoms with Gasteiger partial charge in [0.15, 0.2) is 23.7 Å². The molecule has 0 spiro atoms. The van der Waals surface area contributed by atoms with Gasteiger partial charge in [-0.15, -0.1) is 0 Å². The standard InChI is InChI=1S/C54H76N32O15/c1-28-30-56-10-63-8-29-70-19-76-36(65(26-88)17-71(29)42(63)93)34-58-12-69-37-38-78(44(69)95)22-85-50(101)86-24-83-48(99)80-14-59-32-31-57-11-68-35(33(73(43(68)94)16-64(28)25-87)55-9-62(7)41(92)67(30)13-60-39(70)90)66(27-89)18-72(31)45(96)75(32)21-82(52(80,4)51(83,2)3)40(91)61-15-81-49(100)84(54(85,6)53(81,86)5)23-79(38)47(98)77(37)20-74(34)46(76)97/h25-38,55-59H,8-24H2,1-7H3,(H,60,90)(H,61,91). The molecule has 18 fully saturated rings. The van der Waals surface area contributed by atoms with Crippen molar-refractivity contribution in [3.63, 3.8) is 0 Å². The summed E-state index contributed by atoms with van der Waals surface area (Å²) in [5.74, 6) is 0. The van der Waals surface area contributed by atoms with Gasteiger partial charge in [-0.3, -0.25) is 139 Å². The first-order valence-corrected chi connectivity index (χ1v) is 33.3. The monoisotopic (exact) mass is 1410 g/mol. The van der Waals surface area contributed by atoms with E-state index in [9.17, 15) is 14.4 Å². The normalized spacial score (nSPS) is 37.9. The molecule has 18 aliphatic rings. The predicted octanol–water partition coefficient (Wildman–Crippen LogP) is -7.66. The summed E-state index contributed by atoms with van der Waals surface area (Å²) < 4.78 is 0. The van der Waals surface area contributed by atoms with Gasteiger partial charge in [0.05, 0.1) is 71.5 Å². The van der Waals surface area contributed by atoms with Gasteiger partial charge in [-0.25, -0.2) is 57.5 Å². The predicted molar refractivity (Wildman–Crippen MR) is 326 cm³/mol. The van der Waals surface area contributed by atoms with Crippen LogP contribution in [0.15, 0.2) is 0 Å². The molecule has 17 bridgehead atoms. The second kappa shape index (κ2) is 20.6. The number of amides is 27. The Hall–Kier alpha value is -10.5. The maximum atomic E-state index is 16.0. The smallest absolute Gasteiger partial charge is 0.321 e. The molecule has 14 atom stereocenters. The Bertz CT molecular complexity index is 3820. The van der Waals surface area contributed by atoms with Gasteiger partial charge in [0.2, 0.25) is 19.2 Å². The first-order valence-electron chi connectivity index (χ1n) is 33.3. The minimum Gasteiger partial charge on any atom is -0.321 e. The average Bonchev–Trinajstić information content (AvgIpc) is 1.49. The van der Waals surface area contributed by atoms with Crippen LogP contribution in [-0.2, 0) is 14.4 Å². The molecule has 0 aromatic carbocycles. The third-order valence-electron chi connectivity index (χ3n) is 25.2. The molecule has 14 unspecified atom stereocenters. The molecular weight excluding hydrogens is 1340 g/mol. The van der Waals surface area contributed by atoms with Gasteiger partial charge in [0.25, 0.3) is 0 Å². The molecule has 0 radical (unpaired) electrons. The van der Waals surface area contributed by atoms with Crippen molar-refractivity contribution in [1.82, 2.24) is 160 Å². The number of fused-ring (bicyclic) bond motifs is 12. The van der Waals surface area contributed by atoms with Gasteiger partial charge in [0.1, 0.15) is 108 Å². The van der Waals surface area contributed by atoms with Crippen molar-refractivity contribution in [2.75, 3.05) is 120 Å². The van der Waals surface area contributed by atoms with E-state index in [1.54, 1.807) is 41.5 Å². The van der Waals surface area contributed by atoms with Gasteiger partial charge < -0.3 is 35.1 Å². The summed E-state index contributed by atoms with van der Waals surface area (Å²) in [7, 11) is 1.43. The summed E-state index contributed by atoms with van der Waals surface area (Å²) in [6, 6.07) is -10.2. The van der Waals surface area contributed by atoms with E-state index in [2.05, 4.69) is 37.2 Å². The van der Waals surface area contributed by atoms with E-state index < -0.39 is 243 Å². The Morgan fingerprint density at radius 2 is 0.762 bits per heavy atom. The molecule has 542 valence electrons. The fourth-order valence-electron chi connectivity index (χ4n) is 19.1. The summed E-state index contributed by atoms with van der Waals surface area (Å²) in [5, 5.41) is 22.3. The van der Waals surface area contributed by atoms with Crippen molar-refractivity contribution >= 4 is 91.6 Å². The largest absolute Gasteiger partial charge is 0.326 e. The minimum absolute atomic E-state index is 0.228. The molecule has 0 aliphatic carbocycles. The van der Waals surface area contributed by atoms with Gasteiger partial charge in [0, 0.05) is 7.05 Å². The van der Waals surface area contributed by atoms with Crippen LogP contribution in [-0.4, -0.2) is 425 Å². The molecule has 18 heterocycles. The highest BCUT2D eigenvalue weighted by molar-refractivity contribution is 5.93. The van der Waals surface area contributed by atoms with E-state index in [1.165, 1.54) is 130 Å². The van der Waals surface area contributed by atoms with Gasteiger partial charge >= 0.3 is 72.4 Å². The number of carbonyl (C=O) groups excluding carboxylic acids is 15. The van der Waals surface area contributed by atoms with Crippen LogP contribution in [0.2, 0.25) is 0 Å². The zero-order chi connectivity index (χ0) is 70.8. The third kappa shape index (κ3) is 7.48. The van der Waals surface area contributed by atoms with Gasteiger partial charge in [-0.05, 0) is 41.5 Å². The number of rotatable bonds is 3. The lowest BCUT2D eigenvalue weighted by Crippen LogP contribution is -2.74. The fourth-order valence-corrected chi connectivity index (χ4v) is 19.1. The lowest BCUT2D eigenvalue weighted by atomic mass is 9.87. The van der Waals surface area contributed by atoms with Crippen LogP contribution >= 0.6 is 0 Å². The topological polar surface area (TPSA) is 421 Å². The van der Waals surface area contributed by atoms with E-state index >= 15 is 57.5 Å². The quantitative estimate of drug-likeness (QED) is 0.129. The minimum atomic E-state index is -1.86. The second-order valence-electron chi connectivity index (χ2n) is 29.3. The molecule has 47 heteroatoms. The summed E-state index contributed by atoms with van der Waals surface area (Å²) in [5.41, 5.74) is -6.91. The van der Waals surface area contributed by atoms with Crippen molar-refractivity contribution in [1.29, 1.82) is 0 Å². The zero-order valence-corrected chi connectivity index (χ0v) is 55.9. The van der Waals surface area contributed by atoms with Crippen LogP contribution in [0.1, 0.15) is 41.5 Å². The third-order valence-corrected chi connectivity index (χ3v) is 25.2. The van der Waals surface area contributed by atoms with Crippen LogP contribution < -0.4 is 37.2 Å². The maximum absolute atomic E-state index is 16.0. The van der Waals surface area contributed by atoms with E-state index in [1.807, 2.05) is 0 Å². The Kier molecular flexibility index (Phi) is 12.8. The zero-order valence-electron chi connectivity index (χ0n) is 55.9. The van der Waals surface area contributed by atoms with Crippen molar-refractivity contribution < 1.29 is 71.9 Å². The van der Waals surface area contributed by atoms with Crippen LogP contribution in [0.3, 0.4) is 0 Å². The number of urea groups is 12. The van der Waals surface area contributed by atoms with Crippen molar-refractivity contribution in [3.05, 3.63) is 0 Å². The first-order chi connectivity index (χ1) is 48.2. The average molecular weight is 1410 g/mol. The Morgan fingerprint density at radius 3 is 1.45 bits per heavy atom. The Balaban J connectivity index is 0.785. The maximum Gasteiger partial charge on any atom is 0.326 e. The molecule has 0 aromatic heterocycles. The molecule has 101 heavy (non-hydrogen) atoms. The molecule has 0 saturated carbocycles. The Morgan fingerprint density at radius 1 is 0.327 bits per heavy atom. The van der Waals surface area contributed by atoms with E-state index in [-0.39, 0.29) is 33.2 Å².